The van der Waals surface area contributed by atoms with Gasteiger partial charge in [-0.3, -0.25) is 9.59 Å². The standard InChI is InChI=1S/C32H33N7O5/c1-2-15-36-20-29(41)38-27(16-22-11-13-25(40)14-12-22)31(42)35(18-24-9-6-10-26-30(24)44-21-37(26)33)19-28(38)39(36)32(43)34-17-23-7-4-3-5-8-23/h2-14,21,27-28H,1,15-20,33H2,(H-,34,40,43)/p+1/t27-,28-/m0/s1. The van der Waals surface area contributed by atoms with E-state index in [1.165, 1.54) is 21.0 Å². The SMILES string of the molecule is C=CCN1CC(=O)N2[C@@H](Cc3ccc(O)cc3)C(=O)N(Cc3cccc4c3oc[n+]4N)C[C@@H]2N1C(=O)NCc1ccccc1. The van der Waals surface area contributed by atoms with Gasteiger partial charge in [-0.05, 0) is 27.9 Å². The Morgan fingerprint density at radius 3 is 2.59 bits per heavy atom. The summed E-state index contributed by atoms with van der Waals surface area (Å²) in [6.07, 6.45) is 2.45. The number of rotatable bonds is 8. The molecule has 2 saturated heterocycles. The third-order valence-corrected chi connectivity index (χ3v) is 8.03. The van der Waals surface area contributed by atoms with E-state index in [1.807, 2.05) is 48.5 Å². The number of amides is 4. The number of carbonyl (C=O) groups excluding carboxylic acids is 3. The number of hydrogen-bond donors (Lipinski definition) is 3. The number of phenolic OH excluding ortho intramolecular Hbond substituents is 1. The van der Waals surface area contributed by atoms with E-state index in [2.05, 4.69) is 11.9 Å². The third-order valence-electron chi connectivity index (χ3n) is 8.03. The van der Waals surface area contributed by atoms with Crippen molar-refractivity contribution in [3.05, 3.63) is 109 Å². The smallest absolute Gasteiger partial charge is 0.364 e. The van der Waals surface area contributed by atoms with Crippen LogP contribution in [0.25, 0.3) is 11.1 Å². The van der Waals surface area contributed by atoms with Gasteiger partial charge in [0.15, 0.2) is 0 Å². The fourth-order valence-electron chi connectivity index (χ4n) is 5.96. The zero-order chi connectivity index (χ0) is 30.8. The average Bonchev–Trinajstić information content (AvgIpc) is 3.41. The van der Waals surface area contributed by atoms with Crippen molar-refractivity contribution in [3.8, 4) is 5.75 Å². The molecule has 0 bridgehead atoms. The number of urea groups is 1. The maximum atomic E-state index is 14.2. The summed E-state index contributed by atoms with van der Waals surface area (Å²) < 4.78 is 7.09. The van der Waals surface area contributed by atoms with Crippen LogP contribution in [0.3, 0.4) is 0 Å². The molecule has 2 aliphatic heterocycles. The Morgan fingerprint density at radius 2 is 1.84 bits per heavy atom. The summed E-state index contributed by atoms with van der Waals surface area (Å²) in [4.78, 5) is 45.0. The fraction of sp³-hybridized carbons (Fsp3) is 0.250. The third kappa shape index (κ3) is 5.54. The van der Waals surface area contributed by atoms with Crippen LogP contribution in [0.2, 0.25) is 0 Å². The number of aromatic nitrogens is 1. The summed E-state index contributed by atoms with van der Waals surface area (Å²) in [7, 11) is 0. The van der Waals surface area contributed by atoms with Gasteiger partial charge in [-0.15, -0.1) is 6.58 Å². The maximum Gasteiger partial charge on any atom is 0.364 e. The summed E-state index contributed by atoms with van der Waals surface area (Å²) >= 11 is 0. The highest BCUT2D eigenvalue weighted by atomic mass is 16.3. The molecule has 44 heavy (non-hydrogen) atoms. The van der Waals surface area contributed by atoms with Gasteiger partial charge in [-0.2, -0.15) is 0 Å². The Bertz CT molecular complexity index is 1690. The normalized spacial score (nSPS) is 18.9. The van der Waals surface area contributed by atoms with Crippen LogP contribution in [-0.2, 0) is 29.1 Å². The Hall–Kier alpha value is -5.36. The number of nitrogens with zero attached hydrogens (tertiary/aromatic N) is 5. The number of carbonyl (C=O) groups is 3. The molecular formula is C32H34N7O5+. The molecule has 3 heterocycles. The maximum absolute atomic E-state index is 14.2. The molecule has 0 spiro atoms. The predicted octanol–water partition coefficient (Wildman–Crippen LogP) is 1.88. The molecule has 226 valence electrons. The average molecular weight is 597 g/mol. The van der Waals surface area contributed by atoms with Crippen LogP contribution in [0.1, 0.15) is 16.7 Å². The Morgan fingerprint density at radius 1 is 1.07 bits per heavy atom. The van der Waals surface area contributed by atoms with Crippen LogP contribution in [0.15, 0.2) is 96.3 Å². The Kier molecular flexibility index (Phi) is 7.90. The van der Waals surface area contributed by atoms with Crippen molar-refractivity contribution >= 4 is 28.9 Å². The molecule has 3 aromatic carbocycles. The molecule has 2 aliphatic rings. The molecule has 0 radical (unpaired) electrons. The number of piperazine rings is 1. The van der Waals surface area contributed by atoms with Crippen LogP contribution < -0.4 is 15.8 Å². The van der Waals surface area contributed by atoms with E-state index in [0.29, 0.717) is 11.1 Å². The Labute approximate surface area is 254 Å². The second-order valence-corrected chi connectivity index (χ2v) is 10.9. The van der Waals surface area contributed by atoms with Crippen molar-refractivity contribution in [3.63, 3.8) is 0 Å². The van der Waals surface area contributed by atoms with E-state index < -0.39 is 18.2 Å². The minimum atomic E-state index is -0.892. The highest BCUT2D eigenvalue weighted by Crippen LogP contribution is 2.30. The van der Waals surface area contributed by atoms with Crippen molar-refractivity contribution in [1.82, 2.24) is 25.1 Å². The first-order valence-electron chi connectivity index (χ1n) is 14.3. The molecular weight excluding hydrogens is 562 g/mol. The van der Waals surface area contributed by atoms with E-state index >= 15 is 0 Å². The number of oxazole rings is 1. The van der Waals surface area contributed by atoms with Crippen molar-refractivity contribution < 1.29 is 28.6 Å². The van der Waals surface area contributed by atoms with E-state index in [0.717, 1.165) is 16.7 Å². The van der Waals surface area contributed by atoms with E-state index in [-0.39, 0.29) is 56.7 Å². The highest BCUT2D eigenvalue weighted by Gasteiger charge is 2.51. The second kappa shape index (κ2) is 12.1. The summed E-state index contributed by atoms with van der Waals surface area (Å²) in [6.45, 7) is 4.53. The van der Waals surface area contributed by atoms with E-state index in [4.69, 9.17) is 10.3 Å². The van der Waals surface area contributed by atoms with Crippen molar-refractivity contribution in [2.45, 2.75) is 31.7 Å². The largest absolute Gasteiger partial charge is 0.508 e. The van der Waals surface area contributed by atoms with Crippen molar-refractivity contribution in [2.24, 2.45) is 0 Å². The number of hydrogen-bond acceptors (Lipinski definition) is 7. The topological polar surface area (TPSA) is 139 Å². The van der Waals surface area contributed by atoms with Gasteiger partial charge in [-0.25, -0.2) is 20.7 Å². The summed E-state index contributed by atoms with van der Waals surface area (Å²) in [6, 6.07) is 20.3. The highest BCUT2D eigenvalue weighted by molar-refractivity contribution is 5.92. The van der Waals surface area contributed by atoms with Crippen molar-refractivity contribution in [1.29, 1.82) is 0 Å². The number of fused-ring (bicyclic) bond motifs is 2. The Balaban J connectivity index is 1.37. The molecule has 4 N–H and O–H groups in total. The number of aromatic hydroxyl groups is 1. The molecule has 1 aromatic heterocycles. The molecule has 2 fully saturated rings. The zero-order valence-corrected chi connectivity index (χ0v) is 24.1. The van der Waals surface area contributed by atoms with Gasteiger partial charge >= 0.3 is 12.4 Å². The van der Waals surface area contributed by atoms with E-state index in [1.54, 1.807) is 40.3 Å². The van der Waals surface area contributed by atoms with Crippen LogP contribution in [0.5, 0.6) is 5.75 Å². The minimum Gasteiger partial charge on any atom is -0.508 e. The van der Waals surface area contributed by atoms with Gasteiger partial charge < -0.3 is 24.6 Å². The van der Waals surface area contributed by atoms with Gasteiger partial charge in [0, 0.05) is 37.7 Å². The number of para-hydroxylation sites is 1. The van der Waals surface area contributed by atoms with Crippen LogP contribution in [-0.4, -0.2) is 74.6 Å². The lowest BCUT2D eigenvalue weighted by molar-refractivity contribution is -0.616. The van der Waals surface area contributed by atoms with E-state index in [9.17, 15) is 19.5 Å². The molecule has 12 heteroatoms. The van der Waals surface area contributed by atoms with Gasteiger partial charge in [0.1, 0.15) is 18.0 Å². The molecule has 4 aromatic rings. The molecule has 4 amide bonds. The molecule has 0 aliphatic carbocycles. The second-order valence-electron chi connectivity index (χ2n) is 10.9. The number of phenols is 1. The van der Waals surface area contributed by atoms with Crippen LogP contribution in [0.4, 0.5) is 4.79 Å². The van der Waals surface area contributed by atoms with Crippen molar-refractivity contribution in [2.75, 3.05) is 25.5 Å². The molecule has 6 rings (SSSR count). The zero-order valence-electron chi connectivity index (χ0n) is 24.1. The first-order valence-corrected chi connectivity index (χ1v) is 14.3. The summed E-state index contributed by atoms with van der Waals surface area (Å²) in [5, 5.41) is 16.0. The predicted molar refractivity (Wildman–Crippen MR) is 160 cm³/mol. The fourth-order valence-corrected chi connectivity index (χ4v) is 5.96. The lowest BCUT2D eigenvalue weighted by Crippen LogP contribution is -2.76. The quantitative estimate of drug-likeness (QED) is 0.160. The van der Waals surface area contributed by atoms with Gasteiger partial charge in [-0.1, -0.05) is 60.7 Å². The number of nitrogens with two attached hydrogens (primary N) is 1. The first-order chi connectivity index (χ1) is 21.3. The van der Waals surface area contributed by atoms with Gasteiger partial charge in [0.2, 0.25) is 17.4 Å². The molecule has 12 nitrogen and oxygen atoms in total. The summed E-state index contributed by atoms with van der Waals surface area (Å²) in [5.41, 5.74) is 3.64. The van der Waals surface area contributed by atoms with Gasteiger partial charge in [0.25, 0.3) is 5.52 Å². The number of nitrogen functional groups attached to an aromatic ring is 1. The molecule has 2 atom stereocenters. The first kappa shape index (κ1) is 28.7. The molecule has 0 saturated carbocycles. The lowest BCUT2D eigenvalue weighted by atomic mass is 9.98. The van der Waals surface area contributed by atoms with Gasteiger partial charge in [0.05, 0.1) is 13.1 Å². The monoisotopic (exact) mass is 596 g/mol. The minimum absolute atomic E-state index is 0.0722. The van der Waals surface area contributed by atoms with Crippen LogP contribution in [0, 0.1) is 0 Å². The molecule has 0 unspecified atom stereocenters. The number of hydrazine groups is 1. The number of nitrogens with one attached hydrogen (secondary N) is 1. The summed E-state index contributed by atoms with van der Waals surface area (Å²) in [5.74, 6) is 5.59. The lowest BCUT2D eigenvalue weighted by Gasteiger charge is -2.55. The number of benzene rings is 3. The van der Waals surface area contributed by atoms with Crippen LogP contribution >= 0.6 is 0 Å².